The van der Waals surface area contributed by atoms with Gasteiger partial charge in [-0.3, -0.25) is 0 Å². The van der Waals surface area contributed by atoms with E-state index >= 15 is 0 Å². The van der Waals surface area contributed by atoms with Crippen LogP contribution in [0.1, 0.15) is 5.56 Å². The first-order valence-electron chi connectivity index (χ1n) is 5.96. The van der Waals surface area contributed by atoms with Crippen LogP contribution in [0.5, 0.6) is 0 Å². The molecule has 0 radical (unpaired) electrons. The molecule has 2 aromatic carbocycles. The highest BCUT2D eigenvalue weighted by atomic mass is 35.5. The number of urea groups is 1. The third-order valence-corrected chi connectivity index (χ3v) is 3.39. The molecule has 0 aromatic heterocycles. The number of benzene rings is 2. The van der Waals surface area contributed by atoms with Gasteiger partial charge in [0.2, 0.25) is 0 Å². The molecule has 0 heterocycles. The number of hydrogen-bond acceptors (Lipinski definition) is 1. The van der Waals surface area contributed by atoms with Gasteiger partial charge in [0.25, 0.3) is 0 Å². The van der Waals surface area contributed by atoms with Gasteiger partial charge in [-0.05, 0) is 42.5 Å². The van der Waals surface area contributed by atoms with Crippen molar-refractivity contribution in [1.82, 2.24) is 0 Å². The third-order valence-electron chi connectivity index (χ3n) is 2.65. The Morgan fingerprint density at radius 3 is 1.95 bits per heavy atom. The average Bonchev–Trinajstić information content (AvgIpc) is 2.42. The minimum absolute atomic E-state index is 0.227. The average molecular weight is 349 g/mol. The van der Waals surface area contributed by atoms with Crippen molar-refractivity contribution in [2.24, 2.45) is 0 Å². The van der Waals surface area contributed by atoms with Crippen LogP contribution in [0, 0.1) is 0 Å². The molecule has 0 bridgehead atoms. The van der Waals surface area contributed by atoms with E-state index in [0.29, 0.717) is 10.7 Å². The molecule has 2 aromatic rings. The lowest BCUT2D eigenvalue weighted by atomic mass is 10.2. The topological polar surface area (TPSA) is 41.1 Å². The van der Waals surface area contributed by atoms with Gasteiger partial charge in [-0.1, -0.05) is 23.2 Å². The lowest BCUT2D eigenvalue weighted by Gasteiger charge is -2.10. The standard InChI is InChI=1S/C14H9Cl2F3N2O/c15-11-6-5-10(7-12(11)16)21-13(22)20-9-3-1-8(2-4-9)14(17,18)19/h1-7H,(H2,20,21,22). The predicted molar refractivity (Wildman–Crippen MR) is 80.5 cm³/mol. The van der Waals surface area contributed by atoms with Gasteiger partial charge in [0, 0.05) is 11.4 Å². The Balaban J connectivity index is 2.01. The Morgan fingerprint density at radius 1 is 0.864 bits per heavy atom. The molecule has 0 fully saturated rings. The largest absolute Gasteiger partial charge is 0.416 e. The molecule has 0 unspecified atom stereocenters. The second kappa shape index (κ2) is 6.46. The smallest absolute Gasteiger partial charge is 0.308 e. The van der Waals surface area contributed by atoms with Gasteiger partial charge >= 0.3 is 12.2 Å². The number of amides is 2. The number of halogens is 5. The lowest BCUT2D eigenvalue weighted by Crippen LogP contribution is -2.19. The van der Waals surface area contributed by atoms with Gasteiger partial charge in [0.1, 0.15) is 0 Å². The molecular weight excluding hydrogens is 340 g/mol. The summed E-state index contributed by atoms with van der Waals surface area (Å²) in [5.41, 5.74) is -0.160. The van der Waals surface area contributed by atoms with Crippen molar-refractivity contribution < 1.29 is 18.0 Å². The molecule has 0 spiro atoms. The van der Waals surface area contributed by atoms with E-state index in [1.54, 1.807) is 6.07 Å². The fraction of sp³-hybridized carbons (Fsp3) is 0.0714. The summed E-state index contributed by atoms with van der Waals surface area (Å²) in [6, 6.07) is 7.99. The Morgan fingerprint density at radius 2 is 1.41 bits per heavy atom. The summed E-state index contributed by atoms with van der Waals surface area (Å²) in [4.78, 5) is 11.7. The number of carbonyl (C=O) groups is 1. The first kappa shape index (κ1) is 16.5. The van der Waals surface area contributed by atoms with E-state index in [9.17, 15) is 18.0 Å². The van der Waals surface area contributed by atoms with Crippen molar-refractivity contribution in [1.29, 1.82) is 0 Å². The number of carbonyl (C=O) groups excluding carboxylic acids is 1. The van der Waals surface area contributed by atoms with Gasteiger partial charge in [-0.2, -0.15) is 13.2 Å². The Kier molecular flexibility index (Phi) is 4.83. The van der Waals surface area contributed by atoms with Crippen LogP contribution in [0.3, 0.4) is 0 Å². The summed E-state index contributed by atoms with van der Waals surface area (Å²) in [6.07, 6.45) is -4.42. The van der Waals surface area contributed by atoms with Crippen molar-refractivity contribution in [2.75, 3.05) is 10.6 Å². The van der Waals surface area contributed by atoms with E-state index in [0.717, 1.165) is 24.3 Å². The number of anilines is 2. The molecule has 22 heavy (non-hydrogen) atoms. The maximum Gasteiger partial charge on any atom is 0.416 e. The molecule has 0 atom stereocenters. The van der Waals surface area contributed by atoms with Crippen molar-refractivity contribution in [2.45, 2.75) is 6.18 Å². The minimum Gasteiger partial charge on any atom is -0.308 e. The van der Waals surface area contributed by atoms with Crippen LogP contribution < -0.4 is 10.6 Å². The molecule has 0 aliphatic heterocycles. The van der Waals surface area contributed by atoms with Crippen LogP contribution >= 0.6 is 23.2 Å². The second-order valence-electron chi connectivity index (χ2n) is 4.28. The third kappa shape index (κ3) is 4.29. The van der Waals surface area contributed by atoms with Gasteiger partial charge < -0.3 is 10.6 Å². The summed E-state index contributed by atoms with van der Waals surface area (Å²) in [6.45, 7) is 0. The van der Waals surface area contributed by atoms with E-state index in [-0.39, 0.29) is 10.7 Å². The summed E-state index contributed by atoms with van der Waals surface area (Å²) < 4.78 is 37.3. The van der Waals surface area contributed by atoms with Crippen LogP contribution in [0.25, 0.3) is 0 Å². The molecule has 0 aliphatic carbocycles. The molecule has 3 nitrogen and oxygen atoms in total. The maximum absolute atomic E-state index is 12.4. The van der Waals surface area contributed by atoms with Crippen LogP contribution in [0.15, 0.2) is 42.5 Å². The molecular formula is C14H9Cl2F3N2O. The summed E-state index contributed by atoms with van der Waals surface area (Å²) in [5, 5.41) is 5.51. The second-order valence-corrected chi connectivity index (χ2v) is 5.10. The number of alkyl halides is 3. The minimum atomic E-state index is -4.42. The van der Waals surface area contributed by atoms with E-state index in [2.05, 4.69) is 10.6 Å². The number of hydrogen-bond donors (Lipinski definition) is 2. The van der Waals surface area contributed by atoms with Gasteiger partial charge in [-0.15, -0.1) is 0 Å². The van der Waals surface area contributed by atoms with E-state index < -0.39 is 17.8 Å². The molecule has 0 saturated carbocycles. The van der Waals surface area contributed by atoms with Crippen LogP contribution in [0.4, 0.5) is 29.3 Å². The van der Waals surface area contributed by atoms with Crippen LogP contribution in [-0.4, -0.2) is 6.03 Å². The molecule has 0 saturated heterocycles. The fourth-order valence-electron chi connectivity index (χ4n) is 1.61. The Bertz CT molecular complexity index is 687. The van der Waals surface area contributed by atoms with Crippen LogP contribution in [0.2, 0.25) is 10.0 Å². The summed E-state index contributed by atoms with van der Waals surface area (Å²) in [5.74, 6) is 0. The highest BCUT2D eigenvalue weighted by molar-refractivity contribution is 6.42. The molecule has 8 heteroatoms. The van der Waals surface area contributed by atoms with E-state index in [4.69, 9.17) is 23.2 Å². The number of nitrogens with one attached hydrogen (secondary N) is 2. The first-order chi connectivity index (χ1) is 10.3. The zero-order valence-corrected chi connectivity index (χ0v) is 12.4. The van der Waals surface area contributed by atoms with E-state index in [1.165, 1.54) is 12.1 Å². The highest BCUT2D eigenvalue weighted by Gasteiger charge is 2.29. The van der Waals surface area contributed by atoms with Gasteiger partial charge in [0.15, 0.2) is 0 Å². The molecule has 2 N–H and O–H groups in total. The Labute approximate surface area is 134 Å². The lowest BCUT2D eigenvalue weighted by molar-refractivity contribution is -0.137. The molecule has 2 amide bonds. The fourth-order valence-corrected chi connectivity index (χ4v) is 1.91. The Hall–Kier alpha value is -1.92. The zero-order chi connectivity index (χ0) is 16.3. The van der Waals surface area contributed by atoms with Crippen molar-refractivity contribution in [3.63, 3.8) is 0 Å². The number of rotatable bonds is 2. The summed E-state index contributed by atoms with van der Waals surface area (Å²) >= 11 is 11.6. The normalized spacial score (nSPS) is 11.1. The highest BCUT2D eigenvalue weighted by Crippen LogP contribution is 2.30. The first-order valence-corrected chi connectivity index (χ1v) is 6.71. The van der Waals surface area contributed by atoms with Crippen molar-refractivity contribution in [3.05, 3.63) is 58.1 Å². The molecule has 2 rings (SSSR count). The van der Waals surface area contributed by atoms with Crippen LogP contribution in [-0.2, 0) is 6.18 Å². The zero-order valence-electron chi connectivity index (χ0n) is 10.8. The van der Waals surface area contributed by atoms with Gasteiger partial charge in [-0.25, -0.2) is 4.79 Å². The molecule has 116 valence electrons. The van der Waals surface area contributed by atoms with E-state index in [1.807, 2.05) is 0 Å². The van der Waals surface area contributed by atoms with Gasteiger partial charge in [0.05, 0.1) is 15.6 Å². The van der Waals surface area contributed by atoms with Crippen molar-refractivity contribution >= 4 is 40.6 Å². The SMILES string of the molecule is O=C(Nc1ccc(C(F)(F)F)cc1)Nc1ccc(Cl)c(Cl)c1. The monoisotopic (exact) mass is 348 g/mol. The molecule has 0 aliphatic rings. The summed E-state index contributed by atoms with van der Waals surface area (Å²) in [7, 11) is 0. The predicted octanol–water partition coefficient (Wildman–Crippen LogP) is 5.66. The quantitative estimate of drug-likeness (QED) is 0.722. The maximum atomic E-state index is 12.4. The van der Waals surface area contributed by atoms with Crippen molar-refractivity contribution in [3.8, 4) is 0 Å².